The van der Waals surface area contributed by atoms with E-state index in [2.05, 4.69) is 10.3 Å². The summed E-state index contributed by atoms with van der Waals surface area (Å²) >= 11 is 7.53. The van der Waals surface area contributed by atoms with E-state index >= 15 is 0 Å². The van der Waals surface area contributed by atoms with Crippen molar-refractivity contribution in [3.05, 3.63) is 100.0 Å². The first-order valence-corrected chi connectivity index (χ1v) is 13.9. The monoisotopic (exact) mass is 545 g/mol. The van der Waals surface area contributed by atoms with Crippen LogP contribution < -0.4 is 10.1 Å². The zero-order chi connectivity index (χ0) is 26.5. The van der Waals surface area contributed by atoms with E-state index in [0.717, 1.165) is 29.0 Å². The fourth-order valence-corrected chi connectivity index (χ4v) is 5.69. The topological polar surface area (TPSA) is 71.5 Å². The number of piperidine rings is 1. The van der Waals surface area contributed by atoms with E-state index < -0.39 is 6.10 Å². The van der Waals surface area contributed by atoms with Gasteiger partial charge in [-0.3, -0.25) is 9.59 Å². The second-order valence-electron chi connectivity index (χ2n) is 9.25. The SMILES string of the molecule is CC(Oc1ccccc1)C(=O)N1CCC(c2nc(C(=O)Nc3ccccc3-c3ccc(Cl)cc3)cs2)CC1. The highest BCUT2D eigenvalue weighted by atomic mass is 35.5. The number of thiazole rings is 1. The predicted molar refractivity (Wildman–Crippen MR) is 152 cm³/mol. The number of benzene rings is 3. The van der Waals surface area contributed by atoms with Crippen molar-refractivity contribution in [2.24, 2.45) is 0 Å². The molecule has 2 amide bonds. The molecule has 1 saturated heterocycles. The standard InChI is InChI=1S/C30H28ClN3O3S/c1-20(37-24-7-3-2-4-8-24)30(36)34-17-15-22(16-18-34)29-33-27(19-38-29)28(35)32-26-10-6-5-9-25(26)21-11-13-23(31)14-12-21/h2-14,19-20,22H,15-18H2,1H3,(H,32,35). The number of carbonyl (C=O) groups excluding carboxylic acids is 2. The maximum absolute atomic E-state index is 13.1. The zero-order valence-corrected chi connectivity index (χ0v) is 22.5. The molecule has 1 aromatic heterocycles. The Morgan fingerprint density at radius 3 is 2.42 bits per heavy atom. The number of halogens is 1. The van der Waals surface area contributed by atoms with Crippen LogP contribution in [0.1, 0.15) is 41.2 Å². The van der Waals surface area contributed by atoms with Gasteiger partial charge in [0, 0.05) is 40.7 Å². The summed E-state index contributed by atoms with van der Waals surface area (Å²) in [5.41, 5.74) is 3.00. The number of hydrogen-bond donors (Lipinski definition) is 1. The fourth-order valence-electron chi connectivity index (χ4n) is 4.60. The molecule has 1 aliphatic heterocycles. The van der Waals surface area contributed by atoms with E-state index in [0.29, 0.717) is 35.2 Å². The number of ether oxygens (including phenoxy) is 1. The van der Waals surface area contributed by atoms with Crippen LogP contribution in [0, 0.1) is 0 Å². The zero-order valence-electron chi connectivity index (χ0n) is 21.0. The van der Waals surface area contributed by atoms with Gasteiger partial charge >= 0.3 is 0 Å². The van der Waals surface area contributed by atoms with E-state index in [-0.39, 0.29) is 17.7 Å². The normalized spacial score (nSPS) is 14.6. The van der Waals surface area contributed by atoms with Crippen LogP contribution in [0.25, 0.3) is 11.1 Å². The molecule has 1 aliphatic rings. The van der Waals surface area contributed by atoms with Crippen LogP contribution in [0.2, 0.25) is 5.02 Å². The predicted octanol–water partition coefficient (Wildman–Crippen LogP) is 6.89. The quantitative estimate of drug-likeness (QED) is 0.274. The van der Waals surface area contributed by atoms with Gasteiger partial charge in [0.2, 0.25) is 0 Å². The molecular weight excluding hydrogens is 518 g/mol. The summed E-state index contributed by atoms with van der Waals surface area (Å²) in [4.78, 5) is 32.5. The second kappa shape index (κ2) is 11.8. The van der Waals surface area contributed by atoms with Crippen molar-refractivity contribution in [1.82, 2.24) is 9.88 Å². The summed E-state index contributed by atoms with van der Waals surface area (Å²) in [6.07, 6.45) is 1.06. The van der Waals surface area contributed by atoms with Gasteiger partial charge in [0.15, 0.2) is 6.10 Å². The third kappa shape index (κ3) is 6.06. The summed E-state index contributed by atoms with van der Waals surface area (Å²) < 4.78 is 5.81. The number of amides is 2. The number of carbonyl (C=O) groups is 2. The molecular formula is C30H28ClN3O3S. The molecule has 0 aliphatic carbocycles. The lowest BCUT2D eigenvalue weighted by molar-refractivity contribution is -0.139. The van der Waals surface area contributed by atoms with E-state index in [1.54, 1.807) is 6.92 Å². The van der Waals surface area contributed by atoms with Crippen molar-refractivity contribution in [1.29, 1.82) is 0 Å². The van der Waals surface area contributed by atoms with Crippen LogP contribution in [-0.2, 0) is 4.79 Å². The van der Waals surface area contributed by atoms with Gasteiger partial charge in [0.25, 0.3) is 11.8 Å². The minimum Gasteiger partial charge on any atom is -0.481 e. The van der Waals surface area contributed by atoms with Crippen LogP contribution in [0.4, 0.5) is 5.69 Å². The lowest BCUT2D eigenvalue weighted by Gasteiger charge is -2.32. The second-order valence-corrected chi connectivity index (χ2v) is 10.6. The molecule has 0 saturated carbocycles. The molecule has 4 aromatic rings. The summed E-state index contributed by atoms with van der Waals surface area (Å²) in [5, 5.41) is 6.42. The van der Waals surface area contributed by atoms with Gasteiger partial charge in [-0.15, -0.1) is 11.3 Å². The highest BCUT2D eigenvalue weighted by molar-refractivity contribution is 7.10. The molecule has 1 N–H and O–H groups in total. The Morgan fingerprint density at radius 2 is 1.68 bits per heavy atom. The molecule has 6 nitrogen and oxygen atoms in total. The molecule has 194 valence electrons. The lowest BCUT2D eigenvalue weighted by atomic mass is 9.97. The average molecular weight is 546 g/mol. The molecule has 38 heavy (non-hydrogen) atoms. The molecule has 0 bridgehead atoms. The first-order valence-electron chi connectivity index (χ1n) is 12.6. The molecule has 5 rings (SSSR count). The largest absolute Gasteiger partial charge is 0.481 e. The van der Waals surface area contributed by atoms with Gasteiger partial charge in [-0.1, -0.05) is 60.1 Å². The van der Waals surface area contributed by atoms with Crippen LogP contribution in [-0.4, -0.2) is 40.9 Å². The first kappa shape index (κ1) is 25.9. The molecule has 1 unspecified atom stereocenters. The van der Waals surface area contributed by atoms with Crippen LogP contribution in [0.15, 0.2) is 84.2 Å². The molecule has 1 atom stereocenters. The Hall–Kier alpha value is -3.68. The number of likely N-dealkylation sites (tertiary alicyclic amines) is 1. The highest BCUT2D eigenvalue weighted by Gasteiger charge is 2.29. The molecule has 1 fully saturated rings. The van der Waals surface area contributed by atoms with Gasteiger partial charge in [-0.25, -0.2) is 4.98 Å². The van der Waals surface area contributed by atoms with Crippen molar-refractivity contribution < 1.29 is 14.3 Å². The molecule has 2 heterocycles. The number of anilines is 1. The minimum atomic E-state index is -0.542. The Labute approximate surface area is 231 Å². The third-order valence-corrected chi connectivity index (χ3v) is 7.90. The molecule has 3 aromatic carbocycles. The van der Waals surface area contributed by atoms with Crippen LogP contribution in [0.3, 0.4) is 0 Å². The van der Waals surface area contributed by atoms with Crippen molar-refractivity contribution >= 4 is 40.4 Å². The average Bonchev–Trinajstić information content (AvgIpc) is 3.45. The van der Waals surface area contributed by atoms with Gasteiger partial charge in [0.1, 0.15) is 11.4 Å². The first-order chi connectivity index (χ1) is 18.5. The number of rotatable bonds is 7. The number of para-hydroxylation sites is 2. The summed E-state index contributed by atoms with van der Waals surface area (Å²) in [6.45, 7) is 3.07. The van der Waals surface area contributed by atoms with Gasteiger partial charge < -0.3 is 15.0 Å². The Balaban J connectivity index is 1.18. The number of aromatic nitrogens is 1. The third-order valence-electron chi connectivity index (χ3n) is 6.64. The van der Waals surface area contributed by atoms with Crippen molar-refractivity contribution in [3.8, 4) is 16.9 Å². The summed E-state index contributed by atoms with van der Waals surface area (Å²) in [5.74, 6) is 0.657. The minimum absolute atomic E-state index is 0.00846. The van der Waals surface area contributed by atoms with E-state index in [1.165, 1.54) is 11.3 Å². The summed E-state index contributed by atoms with van der Waals surface area (Å²) in [6, 6.07) is 24.6. The number of hydrogen-bond acceptors (Lipinski definition) is 5. The van der Waals surface area contributed by atoms with Crippen LogP contribution >= 0.6 is 22.9 Å². The van der Waals surface area contributed by atoms with Gasteiger partial charge in [-0.05, 0) is 55.7 Å². The highest BCUT2D eigenvalue weighted by Crippen LogP contribution is 2.32. The van der Waals surface area contributed by atoms with E-state index in [4.69, 9.17) is 16.3 Å². The van der Waals surface area contributed by atoms with E-state index in [9.17, 15) is 9.59 Å². The number of nitrogens with zero attached hydrogens (tertiary/aromatic N) is 2. The molecule has 0 radical (unpaired) electrons. The summed E-state index contributed by atoms with van der Waals surface area (Å²) in [7, 11) is 0. The Kier molecular flexibility index (Phi) is 8.05. The molecule has 0 spiro atoms. The maximum atomic E-state index is 13.1. The maximum Gasteiger partial charge on any atom is 0.275 e. The Bertz CT molecular complexity index is 1400. The molecule has 8 heteroatoms. The Morgan fingerprint density at radius 1 is 1.00 bits per heavy atom. The van der Waals surface area contributed by atoms with Crippen molar-refractivity contribution in [2.45, 2.75) is 31.8 Å². The van der Waals surface area contributed by atoms with Gasteiger partial charge in [-0.2, -0.15) is 0 Å². The fraction of sp³-hybridized carbons (Fsp3) is 0.233. The smallest absolute Gasteiger partial charge is 0.275 e. The van der Waals surface area contributed by atoms with Gasteiger partial charge in [0.05, 0.1) is 5.01 Å². The van der Waals surface area contributed by atoms with Crippen molar-refractivity contribution in [3.63, 3.8) is 0 Å². The number of nitrogens with one attached hydrogen (secondary N) is 1. The van der Waals surface area contributed by atoms with Crippen molar-refractivity contribution in [2.75, 3.05) is 18.4 Å². The van der Waals surface area contributed by atoms with E-state index in [1.807, 2.05) is 89.1 Å². The lowest BCUT2D eigenvalue weighted by Crippen LogP contribution is -2.44. The van der Waals surface area contributed by atoms with Crippen LogP contribution in [0.5, 0.6) is 5.75 Å².